The molecule has 0 atom stereocenters. The zero-order valence-corrected chi connectivity index (χ0v) is 11.5. The first kappa shape index (κ1) is 15.6. The summed E-state index contributed by atoms with van der Waals surface area (Å²) in [5.41, 5.74) is 0. The lowest BCUT2D eigenvalue weighted by molar-refractivity contribution is 0.126. The lowest BCUT2D eigenvalue weighted by Crippen LogP contribution is -2.20. The highest BCUT2D eigenvalue weighted by Crippen LogP contribution is 2.18. The Balaban J connectivity index is 2.37. The average molecular weight is 274 g/mol. The van der Waals surface area contributed by atoms with Gasteiger partial charge in [0.15, 0.2) is 23.3 Å². The van der Waals surface area contributed by atoms with E-state index in [4.69, 9.17) is 4.74 Å². The molecule has 0 aliphatic heterocycles. The van der Waals surface area contributed by atoms with E-state index in [0.29, 0.717) is 19.8 Å². The average Bonchev–Trinajstić information content (AvgIpc) is 2.35. The van der Waals surface area contributed by atoms with E-state index in [1.54, 1.807) is 0 Å². The second kappa shape index (κ2) is 7.85. The largest absolute Gasteiger partial charge is 0.378 e. The van der Waals surface area contributed by atoms with E-state index in [1.165, 1.54) is 7.05 Å². The molecular weight excluding hydrogens is 254 g/mol. The molecule has 2 N–H and O–H groups in total. The van der Waals surface area contributed by atoms with Crippen molar-refractivity contribution in [3.8, 4) is 0 Å². The van der Waals surface area contributed by atoms with Gasteiger partial charge in [0.2, 0.25) is 0 Å². The highest BCUT2D eigenvalue weighted by atomic mass is 19.1. The fourth-order valence-corrected chi connectivity index (χ4v) is 1.36. The van der Waals surface area contributed by atoms with Gasteiger partial charge in [-0.3, -0.25) is 0 Å². The first-order valence-electron chi connectivity index (χ1n) is 6.04. The predicted octanol–water partition coefficient (Wildman–Crippen LogP) is 1.39. The first-order valence-corrected chi connectivity index (χ1v) is 6.04. The van der Waals surface area contributed by atoms with E-state index < -0.39 is 11.6 Å². The van der Waals surface area contributed by atoms with Crippen LogP contribution in [0, 0.1) is 11.6 Å². The summed E-state index contributed by atoms with van der Waals surface area (Å²) < 4.78 is 31.9. The van der Waals surface area contributed by atoms with Gasteiger partial charge in [-0.15, -0.1) is 0 Å². The number of nitrogens with one attached hydrogen (secondary N) is 2. The molecule has 1 aromatic heterocycles. The van der Waals surface area contributed by atoms with E-state index in [0.717, 1.165) is 12.6 Å². The zero-order chi connectivity index (χ0) is 14.3. The molecule has 0 aliphatic rings. The van der Waals surface area contributed by atoms with Crippen molar-refractivity contribution in [1.82, 2.24) is 9.88 Å². The second-order valence-electron chi connectivity index (χ2n) is 4.24. The van der Waals surface area contributed by atoms with Gasteiger partial charge in [-0.1, -0.05) is 0 Å². The fraction of sp³-hybridized carbons (Fsp3) is 0.583. The van der Waals surface area contributed by atoms with Crippen molar-refractivity contribution >= 4 is 11.6 Å². The second-order valence-corrected chi connectivity index (χ2v) is 4.24. The van der Waals surface area contributed by atoms with Crippen molar-refractivity contribution in [2.24, 2.45) is 0 Å². The molecule has 5 nitrogen and oxygen atoms in total. The van der Waals surface area contributed by atoms with E-state index in [2.05, 4.69) is 15.6 Å². The molecule has 1 rings (SSSR count). The van der Waals surface area contributed by atoms with Gasteiger partial charge in [0.05, 0.1) is 13.2 Å². The lowest BCUT2D eigenvalue weighted by atomic mass is 10.4. The molecule has 0 amide bonds. The standard InChI is InChI=1S/C12H20F2N4O/c1-15-11-9(13)8-10(14)12(17-11)16-4-6-19-7-5-18(2)3/h8H,4-7H2,1-3H3,(H2,15,16,17). The van der Waals surface area contributed by atoms with Crippen molar-refractivity contribution in [3.63, 3.8) is 0 Å². The molecule has 7 heteroatoms. The molecule has 0 unspecified atom stereocenters. The Morgan fingerprint density at radius 3 is 2.53 bits per heavy atom. The molecule has 1 heterocycles. The van der Waals surface area contributed by atoms with Gasteiger partial charge < -0.3 is 20.3 Å². The molecule has 19 heavy (non-hydrogen) atoms. The Kier molecular flexibility index (Phi) is 6.44. The smallest absolute Gasteiger partial charge is 0.168 e. The van der Waals surface area contributed by atoms with Gasteiger partial charge >= 0.3 is 0 Å². The summed E-state index contributed by atoms with van der Waals surface area (Å²) in [6, 6.07) is 0.800. The van der Waals surface area contributed by atoms with Crippen molar-refractivity contribution in [1.29, 1.82) is 0 Å². The van der Waals surface area contributed by atoms with Gasteiger partial charge in [-0.05, 0) is 14.1 Å². The van der Waals surface area contributed by atoms with Crippen LogP contribution in [0.4, 0.5) is 20.4 Å². The third-order valence-corrected chi connectivity index (χ3v) is 2.39. The van der Waals surface area contributed by atoms with Crippen LogP contribution in [0.1, 0.15) is 0 Å². The summed E-state index contributed by atoms with van der Waals surface area (Å²) >= 11 is 0. The number of pyridine rings is 1. The fourth-order valence-electron chi connectivity index (χ4n) is 1.36. The quantitative estimate of drug-likeness (QED) is 0.702. The van der Waals surface area contributed by atoms with Crippen LogP contribution >= 0.6 is 0 Å². The van der Waals surface area contributed by atoms with Gasteiger partial charge in [0.25, 0.3) is 0 Å². The SMILES string of the molecule is CNc1nc(NCCOCCN(C)C)c(F)cc1F. The topological polar surface area (TPSA) is 49.4 Å². The Hall–Kier alpha value is -1.47. The van der Waals surface area contributed by atoms with E-state index in [-0.39, 0.29) is 11.6 Å². The van der Waals surface area contributed by atoms with Crippen molar-refractivity contribution in [3.05, 3.63) is 17.7 Å². The molecule has 0 bridgehead atoms. The van der Waals surface area contributed by atoms with Crippen LogP contribution in [0.25, 0.3) is 0 Å². The molecule has 108 valence electrons. The van der Waals surface area contributed by atoms with Crippen LogP contribution < -0.4 is 10.6 Å². The Morgan fingerprint density at radius 2 is 1.89 bits per heavy atom. The van der Waals surface area contributed by atoms with E-state index in [1.807, 2.05) is 19.0 Å². The summed E-state index contributed by atoms with van der Waals surface area (Å²) in [6.07, 6.45) is 0. The normalized spacial score (nSPS) is 10.8. The summed E-state index contributed by atoms with van der Waals surface area (Å²) in [7, 11) is 5.44. The van der Waals surface area contributed by atoms with Gasteiger partial charge in [-0.2, -0.15) is 0 Å². The number of hydrogen-bond donors (Lipinski definition) is 2. The number of halogens is 2. The van der Waals surface area contributed by atoms with Crippen LogP contribution in [0.2, 0.25) is 0 Å². The molecule has 0 saturated carbocycles. The van der Waals surface area contributed by atoms with Crippen LogP contribution in [-0.2, 0) is 4.74 Å². The van der Waals surface area contributed by atoms with Crippen LogP contribution in [-0.4, -0.2) is 57.3 Å². The minimum absolute atomic E-state index is 0.0115. The molecule has 0 aliphatic carbocycles. The van der Waals surface area contributed by atoms with E-state index >= 15 is 0 Å². The van der Waals surface area contributed by atoms with Gasteiger partial charge in [0.1, 0.15) is 0 Å². The number of ether oxygens (including phenoxy) is 1. The van der Waals surface area contributed by atoms with Crippen LogP contribution in [0.15, 0.2) is 6.07 Å². The van der Waals surface area contributed by atoms with Crippen LogP contribution in [0.5, 0.6) is 0 Å². The summed E-state index contributed by atoms with van der Waals surface area (Å²) in [5, 5.41) is 5.33. The number of hydrogen-bond acceptors (Lipinski definition) is 5. The van der Waals surface area contributed by atoms with E-state index in [9.17, 15) is 8.78 Å². The lowest BCUT2D eigenvalue weighted by Gasteiger charge is -2.11. The van der Waals surface area contributed by atoms with Crippen LogP contribution in [0.3, 0.4) is 0 Å². The number of rotatable bonds is 8. The number of nitrogens with zero attached hydrogens (tertiary/aromatic N) is 2. The highest BCUT2D eigenvalue weighted by Gasteiger charge is 2.10. The third-order valence-electron chi connectivity index (χ3n) is 2.39. The zero-order valence-electron chi connectivity index (χ0n) is 11.5. The third kappa shape index (κ3) is 5.35. The minimum Gasteiger partial charge on any atom is -0.378 e. The molecule has 0 radical (unpaired) electrons. The number of aromatic nitrogens is 1. The Labute approximate surface area is 112 Å². The van der Waals surface area contributed by atoms with Gasteiger partial charge in [-0.25, -0.2) is 13.8 Å². The maximum Gasteiger partial charge on any atom is 0.168 e. The minimum atomic E-state index is -0.718. The van der Waals surface area contributed by atoms with Gasteiger partial charge in [0, 0.05) is 26.2 Å². The molecular formula is C12H20F2N4O. The number of likely N-dealkylation sites (N-methyl/N-ethyl adjacent to an activating group) is 1. The van der Waals surface area contributed by atoms with Crippen molar-refractivity contribution < 1.29 is 13.5 Å². The maximum atomic E-state index is 13.4. The number of anilines is 2. The molecule has 0 saturated heterocycles. The first-order chi connectivity index (χ1) is 9.04. The van der Waals surface area contributed by atoms with Crippen molar-refractivity contribution in [2.45, 2.75) is 0 Å². The summed E-state index contributed by atoms with van der Waals surface area (Å²) in [4.78, 5) is 5.81. The molecule has 0 spiro atoms. The monoisotopic (exact) mass is 274 g/mol. The molecule has 1 aromatic rings. The summed E-state index contributed by atoms with van der Waals surface area (Å²) in [5.74, 6) is -1.41. The predicted molar refractivity (Wildman–Crippen MR) is 71.6 cm³/mol. The molecule has 0 fully saturated rings. The Bertz CT molecular complexity index is 402. The maximum absolute atomic E-state index is 13.4. The highest BCUT2D eigenvalue weighted by molar-refractivity contribution is 5.47. The Morgan fingerprint density at radius 1 is 1.21 bits per heavy atom. The summed E-state index contributed by atoms with van der Waals surface area (Å²) in [6.45, 7) is 2.27. The van der Waals surface area contributed by atoms with Crippen molar-refractivity contribution in [2.75, 3.05) is 58.1 Å². The molecule has 0 aromatic carbocycles.